The fourth-order valence-electron chi connectivity index (χ4n) is 4.22. The van der Waals surface area contributed by atoms with Crippen LogP contribution in [-0.2, 0) is 6.42 Å². The normalized spacial score (nSPS) is 15.0. The molecular weight excluding hydrogens is 466 g/mol. The lowest BCUT2D eigenvalue weighted by Gasteiger charge is -2.23. The molecule has 0 N–H and O–H groups in total. The minimum absolute atomic E-state index is 0.0224. The van der Waals surface area contributed by atoms with Crippen LogP contribution in [0.3, 0.4) is 0 Å². The van der Waals surface area contributed by atoms with Gasteiger partial charge in [-0.05, 0) is 42.7 Å². The van der Waals surface area contributed by atoms with Gasteiger partial charge >= 0.3 is 0 Å². The average molecular weight is 492 g/mol. The molecule has 1 atom stereocenters. The summed E-state index contributed by atoms with van der Waals surface area (Å²) in [4.78, 5) is 28.8. The van der Waals surface area contributed by atoms with Crippen LogP contribution in [-0.4, -0.2) is 29.8 Å². The maximum absolute atomic E-state index is 13.7. The van der Waals surface area contributed by atoms with E-state index in [9.17, 15) is 9.59 Å². The Bertz CT molecular complexity index is 1460. The lowest BCUT2D eigenvalue weighted by atomic mass is 9.98. The van der Waals surface area contributed by atoms with Gasteiger partial charge in [0.15, 0.2) is 16.9 Å². The number of hydrogen-bond donors (Lipinski definition) is 0. The standard InChI is InChI=1S/C26H25N3O5S/c1-4-6-13-33-18-12-11-15(14-19(18)32-3)22-21-23(30)16-9-7-8-10-17(16)34-24(21)25(31)29(22)26-28-27-20(5-2)35-26/h7-12,14,22H,4-6,13H2,1-3H3. The third kappa shape index (κ3) is 3.95. The van der Waals surface area contributed by atoms with Crippen molar-refractivity contribution in [1.82, 2.24) is 10.2 Å². The summed E-state index contributed by atoms with van der Waals surface area (Å²) in [5.41, 5.74) is 1.09. The highest BCUT2D eigenvalue weighted by atomic mass is 32.1. The van der Waals surface area contributed by atoms with E-state index >= 15 is 0 Å². The van der Waals surface area contributed by atoms with Gasteiger partial charge in [-0.2, -0.15) is 0 Å². The quantitative estimate of drug-likeness (QED) is 0.315. The summed E-state index contributed by atoms with van der Waals surface area (Å²) in [6.45, 7) is 4.64. The highest BCUT2D eigenvalue weighted by Crippen LogP contribution is 2.44. The predicted octanol–water partition coefficient (Wildman–Crippen LogP) is 5.14. The Balaban J connectivity index is 1.69. The number of carbonyl (C=O) groups is 1. The van der Waals surface area contributed by atoms with Crippen molar-refractivity contribution < 1.29 is 18.7 Å². The monoisotopic (exact) mass is 491 g/mol. The second-order valence-corrected chi connectivity index (χ2v) is 9.23. The number of benzene rings is 2. The zero-order chi connectivity index (χ0) is 24.5. The van der Waals surface area contributed by atoms with E-state index in [0.29, 0.717) is 46.2 Å². The number of aromatic nitrogens is 2. The summed E-state index contributed by atoms with van der Waals surface area (Å²) in [5.74, 6) is 0.731. The van der Waals surface area contributed by atoms with Gasteiger partial charge in [0.25, 0.3) is 5.91 Å². The molecule has 0 aliphatic carbocycles. The van der Waals surface area contributed by atoms with Crippen LogP contribution in [0.2, 0.25) is 0 Å². The number of fused-ring (bicyclic) bond motifs is 2. The Morgan fingerprint density at radius 3 is 2.66 bits per heavy atom. The van der Waals surface area contributed by atoms with E-state index in [-0.39, 0.29) is 16.8 Å². The third-order valence-corrected chi connectivity index (χ3v) is 7.07. The maximum atomic E-state index is 13.7. The van der Waals surface area contributed by atoms with E-state index in [1.807, 2.05) is 19.1 Å². The Morgan fingerprint density at radius 2 is 1.91 bits per heavy atom. The van der Waals surface area contributed by atoms with Crippen molar-refractivity contribution in [2.45, 2.75) is 39.2 Å². The van der Waals surface area contributed by atoms with Crippen molar-refractivity contribution in [1.29, 1.82) is 0 Å². The Kier molecular flexibility index (Phi) is 6.25. The number of aryl methyl sites for hydroxylation is 1. The fourth-order valence-corrected chi connectivity index (χ4v) is 5.02. The van der Waals surface area contributed by atoms with Crippen LogP contribution < -0.4 is 19.8 Å². The summed E-state index contributed by atoms with van der Waals surface area (Å²) in [6.07, 6.45) is 2.63. The molecule has 3 heterocycles. The molecule has 0 radical (unpaired) electrons. The number of unbranched alkanes of at least 4 members (excludes halogenated alkanes) is 1. The summed E-state index contributed by atoms with van der Waals surface area (Å²) < 4.78 is 17.5. The first kappa shape index (κ1) is 23.0. The fraction of sp³-hybridized carbons (Fsp3) is 0.308. The molecule has 1 aliphatic rings. The molecule has 0 fully saturated rings. The molecule has 1 unspecified atom stereocenters. The first-order chi connectivity index (χ1) is 17.1. The van der Waals surface area contributed by atoms with E-state index in [0.717, 1.165) is 17.8 Å². The number of hydrogen-bond acceptors (Lipinski definition) is 8. The van der Waals surface area contributed by atoms with Crippen molar-refractivity contribution in [3.05, 3.63) is 74.6 Å². The minimum Gasteiger partial charge on any atom is -0.493 e. The lowest BCUT2D eigenvalue weighted by Crippen LogP contribution is -2.29. The van der Waals surface area contributed by atoms with Crippen LogP contribution in [0, 0.1) is 0 Å². The van der Waals surface area contributed by atoms with Crippen molar-refractivity contribution in [2.75, 3.05) is 18.6 Å². The molecule has 8 nitrogen and oxygen atoms in total. The molecule has 0 spiro atoms. The topological polar surface area (TPSA) is 94.8 Å². The number of amides is 1. The van der Waals surface area contributed by atoms with Crippen LogP contribution in [0.4, 0.5) is 5.13 Å². The minimum atomic E-state index is -0.741. The van der Waals surface area contributed by atoms with Gasteiger partial charge in [0.2, 0.25) is 10.9 Å². The largest absolute Gasteiger partial charge is 0.493 e. The van der Waals surface area contributed by atoms with Gasteiger partial charge < -0.3 is 13.9 Å². The molecule has 4 aromatic rings. The molecule has 180 valence electrons. The predicted molar refractivity (Wildman–Crippen MR) is 134 cm³/mol. The number of carbonyl (C=O) groups excluding carboxylic acids is 1. The molecular formula is C26H25N3O5S. The van der Waals surface area contributed by atoms with Crippen LogP contribution in [0.25, 0.3) is 11.0 Å². The summed E-state index contributed by atoms with van der Waals surface area (Å²) in [5, 5.41) is 10.1. The molecule has 2 aromatic carbocycles. The van der Waals surface area contributed by atoms with Gasteiger partial charge in [-0.3, -0.25) is 14.5 Å². The molecule has 0 bridgehead atoms. The lowest BCUT2D eigenvalue weighted by molar-refractivity contribution is 0.0970. The maximum Gasteiger partial charge on any atom is 0.297 e. The van der Waals surface area contributed by atoms with Gasteiger partial charge in [-0.25, -0.2) is 0 Å². The molecule has 0 saturated carbocycles. The van der Waals surface area contributed by atoms with Gasteiger partial charge in [-0.15, -0.1) is 10.2 Å². The first-order valence-electron chi connectivity index (χ1n) is 11.6. The van der Waals surface area contributed by atoms with E-state index in [4.69, 9.17) is 13.9 Å². The molecule has 9 heteroatoms. The molecule has 5 rings (SSSR count). The van der Waals surface area contributed by atoms with Crippen LogP contribution in [0.15, 0.2) is 51.7 Å². The molecule has 35 heavy (non-hydrogen) atoms. The van der Waals surface area contributed by atoms with Crippen LogP contribution >= 0.6 is 11.3 Å². The number of rotatable bonds is 8. The summed E-state index contributed by atoms with van der Waals surface area (Å²) >= 11 is 1.32. The van der Waals surface area contributed by atoms with Crippen molar-refractivity contribution >= 4 is 33.3 Å². The van der Waals surface area contributed by atoms with Crippen molar-refractivity contribution in [2.24, 2.45) is 0 Å². The number of ether oxygens (including phenoxy) is 2. The van der Waals surface area contributed by atoms with Crippen LogP contribution in [0.1, 0.15) is 59.4 Å². The second-order valence-electron chi connectivity index (χ2n) is 8.19. The van der Waals surface area contributed by atoms with Gasteiger partial charge in [0.1, 0.15) is 10.6 Å². The van der Waals surface area contributed by atoms with Gasteiger partial charge in [0, 0.05) is 0 Å². The molecule has 1 aliphatic heterocycles. The van der Waals surface area contributed by atoms with Gasteiger partial charge in [-0.1, -0.05) is 49.8 Å². The average Bonchev–Trinajstić information content (AvgIpc) is 3.47. The van der Waals surface area contributed by atoms with E-state index in [2.05, 4.69) is 17.1 Å². The first-order valence-corrected chi connectivity index (χ1v) is 12.4. The molecule has 1 amide bonds. The zero-order valence-electron chi connectivity index (χ0n) is 19.7. The summed E-state index contributed by atoms with van der Waals surface area (Å²) in [6, 6.07) is 11.7. The van der Waals surface area contributed by atoms with Crippen molar-refractivity contribution in [3.63, 3.8) is 0 Å². The van der Waals surface area contributed by atoms with E-state index < -0.39 is 11.9 Å². The molecule has 2 aromatic heterocycles. The zero-order valence-corrected chi connectivity index (χ0v) is 20.6. The van der Waals surface area contributed by atoms with Crippen molar-refractivity contribution in [3.8, 4) is 11.5 Å². The SMILES string of the molecule is CCCCOc1ccc(C2c3c(oc4ccccc4c3=O)C(=O)N2c2nnc(CC)s2)cc1OC. The van der Waals surface area contributed by atoms with Gasteiger partial charge in [0.05, 0.1) is 30.7 Å². The Morgan fingerprint density at radius 1 is 1.09 bits per heavy atom. The molecule has 0 saturated heterocycles. The highest BCUT2D eigenvalue weighted by molar-refractivity contribution is 7.15. The third-order valence-electron chi connectivity index (χ3n) is 6.00. The summed E-state index contributed by atoms with van der Waals surface area (Å²) in [7, 11) is 1.57. The van der Waals surface area contributed by atoms with E-state index in [1.54, 1.807) is 37.4 Å². The number of methoxy groups -OCH3 is 1. The highest BCUT2D eigenvalue weighted by Gasteiger charge is 2.45. The Hall–Kier alpha value is -3.72. The van der Waals surface area contributed by atoms with E-state index in [1.165, 1.54) is 16.2 Å². The smallest absolute Gasteiger partial charge is 0.297 e. The Labute approximate surface area is 206 Å². The number of para-hydroxylation sites is 1. The van der Waals surface area contributed by atoms with Crippen LogP contribution in [0.5, 0.6) is 11.5 Å². The number of nitrogens with zero attached hydrogens (tertiary/aromatic N) is 3. The number of anilines is 1. The second kappa shape index (κ2) is 9.50.